The second-order valence-electron chi connectivity index (χ2n) is 12.6. The van der Waals surface area contributed by atoms with Crippen LogP contribution in [-0.4, -0.2) is 74.3 Å². The Morgan fingerprint density at radius 1 is 1.29 bits per heavy atom. The number of aliphatic hydroxyl groups is 2. The number of aliphatic hydroxyl groups excluding tert-OH is 1. The van der Waals surface area contributed by atoms with Gasteiger partial charge < -0.3 is 34.1 Å². The molecule has 2 aromatic heterocycles. The van der Waals surface area contributed by atoms with Gasteiger partial charge in [0.15, 0.2) is 5.60 Å². The maximum absolute atomic E-state index is 14.0. The lowest BCUT2D eigenvalue weighted by Crippen LogP contribution is -2.65. The fraction of sp³-hybridized carbons (Fsp3) is 0.500. The number of ether oxygens (including phenoxy) is 2. The highest BCUT2D eigenvalue weighted by atomic mass is 32.1. The van der Waals surface area contributed by atoms with E-state index in [9.17, 15) is 30.2 Å². The van der Waals surface area contributed by atoms with Gasteiger partial charge >= 0.3 is 5.97 Å². The predicted molar refractivity (Wildman–Crippen MR) is 162 cm³/mol. The van der Waals surface area contributed by atoms with Crippen molar-refractivity contribution in [2.24, 2.45) is 11.8 Å². The van der Waals surface area contributed by atoms with Crippen molar-refractivity contribution in [3.63, 3.8) is 0 Å². The molecule has 3 N–H and O–H groups in total. The van der Waals surface area contributed by atoms with Gasteiger partial charge in [-0.1, -0.05) is 18.2 Å². The van der Waals surface area contributed by atoms with Crippen LogP contribution in [0.25, 0.3) is 10.8 Å². The van der Waals surface area contributed by atoms with Gasteiger partial charge in [0.2, 0.25) is 12.2 Å². The molecule has 0 spiro atoms. The monoisotopic (exact) mass is 636 g/mol. The minimum absolute atomic E-state index is 0.0486. The zero-order valence-electron chi connectivity index (χ0n) is 25.5. The number of nitrogens with zero attached hydrogens (tertiary/aromatic N) is 4. The third kappa shape index (κ3) is 5.25. The third-order valence-corrected chi connectivity index (χ3v) is 10.8. The molecular weight excluding hydrogens is 600 g/mol. The molecule has 0 bridgehead atoms. The Labute approximate surface area is 264 Å². The molecule has 2 aliphatic carbocycles. The van der Waals surface area contributed by atoms with Gasteiger partial charge in [0, 0.05) is 5.56 Å². The first-order valence-corrected chi connectivity index (χ1v) is 15.7. The number of rotatable bonds is 9. The van der Waals surface area contributed by atoms with Crippen molar-refractivity contribution in [1.82, 2.24) is 9.88 Å². The molecule has 238 valence electrons. The number of anilines is 1. The lowest BCUT2D eigenvalue weighted by molar-refractivity contribution is -0.154. The van der Waals surface area contributed by atoms with Crippen LogP contribution >= 0.6 is 11.3 Å². The number of aromatic nitrogens is 1. The quantitative estimate of drug-likeness (QED) is 0.286. The number of para-hydroxylation sites is 1. The summed E-state index contributed by atoms with van der Waals surface area (Å²) >= 11 is 1.23. The Morgan fingerprint density at radius 3 is 2.58 bits per heavy atom. The standard InChI is InChI=1S/C32H36N4O8S/c1-17-24-27(37)36(31(2,3)29(38)39)30(40)35(28(24)45-25(17)26-34-9-10-43-26)15-23(21-7-5-6-8-22(21)42-4)44-20-11-18-13-32(41,16-33)14-19(18)12-20/h5-10,18-20,23,30,40-41H,11-15H2,1-4H3,(H,38,39)/t18-,19+,20?,23?,30?,32?. The van der Waals surface area contributed by atoms with Gasteiger partial charge in [0.1, 0.15) is 28.7 Å². The maximum atomic E-state index is 14.0. The molecule has 3 aliphatic rings. The smallest absolute Gasteiger partial charge is 0.329 e. The molecule has 6 rings (SSSR count). The number of hydrogen-bond acceptors (Lipinski definition) is 11. The molecule has 12 nitrogen and oxygen atoms in total. The SMILES string of the molecule is COc1ccccc1C(CN1c2sc(-c3ncco3)c(C)c2C(=O)N(C(C)(C)C(=O)O)C1O)OC1C[C@@H]2CC(O)(C#N)C[C@@H]2C1. The fourth-order valence-electron chi connectivity index (χ4n) is 7.15. The van der Waals surface area contributed by atoms with Crippen molar-refractivity contribution < 1.29 is 38.8 Å². The highest BCUT2D eigenvalue weighted by molar-refractivity contribution is 7.20. The van der Waals surface area contributed by atoms with E-state index in [1.807, 2.05) is 24.3 Å². The molecule has 1 aromatic carbocycles. The van der Waals surface area contributed by atoms with E-state index in [-0.39, 0.29) is 30.0 Å². The number of carbonyl (C=O) groups is 2. The van der Waals surface area contributed by atoms with Gasteiger partial charge in [0.25, 0.3) is 5.91 Å². The summed E-state index contributed by atoms with van der Waals surface area (Å²) in [6.07, 6.45) is 2.57. The first kappa shape index (κ1) is 31.0. The van der Waals surface area contributed by atoms with Crippen LogP contribution in [0.2, 0.25) is 0 Å². The molecule has 3 aromatic rings. The number of hydrogen-bond donors (Lipinski definition) is 3. The number of carbonyl (C=O) groups excluding carboxylic acids is 1. The number of benzene rings is 1. The van der Waals surface area contributed by atoms with E-state index in [2.05, 4.69) is 11.1 Å². The number of aliphatic carboxylic acids is 1. The van der Waals surface area contributed by atoms with Gasteiger partial charge in [-0.25, -0.2) is 9.78 Å². The maximum Gasteiger partial charge on any atom is 0.329 e. The van der Waals surface area contributed by atoms with Crippen LogP contribution in [0.1, 0.15) is 67.1 Å². The first-order valence-electron chi connectivity index (χ1n) is 14.9. The Kier molecular flexibility index (Phi) is 7.89. The zero-order chi connectivity index (χ0) is 32.3. The molecule has 0 radical (unpaired) electrons. The van der Waals surface area contributed by atoms with Gasteiger partial charge in [0.05, 0.1) is 42.5 Å². The van der Waals surface area contributed by atoms with Crippen LogP contribution < -0.4 is 9.64 Å². The van der Waals surface area contributed by atoms with Gasteiger partial charge in [-0.05, 0) is 69.9 Å². The summed E-state index contributed by atoms with van der Waals surface area (Å²) in [5.74, 6) is -0.697. The summed E-state index contributed by atoms with van der Waals surface area (Å²) in [6.45, 7) is 4.56. The van der Waals surface area contributed by atoms with Crippen LogP contribution in [0.3, 0.4) is 0 Å². The number of thiophene rings is 1. The van der Waals surface area contributed by atoms with Gasteiger partial charge in [-0.3, -0.25) is 9.69 Å². The highest BCUT2D eigenvalue weighted by Gasteiger charge is 2.52. The van der Waals surface area contributed by atoms with Crippen LogP contribution in [0.15, 0.2) is 41.1 Å². The lowest BCUT2D eigenvalue weighted by atomic mass is 9.98. The van der Waals surface area contributed by atoms with E-state index in [1.165, 1.54) is 37.6 Å². The molecular formula is C32H36N4O8S. The van der Waals surface area contributed by atoms with E-state index >= 15 is 0 Å². The van der Waals surface area contributed by atoms with Crippen molar-refractivity contribution in [2.75, 3.05) is 18.6 Å². The Morgan fingerprint density at radius 2 is 1.98 bits per heavy atom. The predicted octanol–water partition coefficient (Wildman–Crippen LogP) is 4.32. The topological polar surface area (TPSA) is 170 Å². The Balaban J connectivity index is 1.41. The van der Waals surface area contributed by atoms with Crippen LogP contribution in [0, 0.1) is 30.1 Å². The summed E-state index contributed by atoms with van der Waals surface area (Å²) in [6, 6.07) is 9.47. The average molecular weight is 637 g/mol. The molecule has 4 unspecified atom stereocenters. The van der Waals surface area contributed by atoms with Crippen molar-refractivity contribution in [3.05, 3.63) is 53.4 Å². The first-order chi connectivity index (χ1) is 21.4. The fourth-order valence-corrected chi connectivity index (χ4v) is 8.42. The number of carboxylic acids is 1. The minimum Gasteiger partial charge on any atom is -0.496 e. The van der Waals surface area contributed by atoms with Crippen LogP contribution in [0.5, 0.6) is 5.75 Å². The molecule has 0 saturated heterocycles. The van der Waals surface area contributed by atoms with Crippen molar-refractivity contribution >= 4 is 28.2 Å². The van der Waals surface area contributed by atoms with Crippen molar-refractivity contribution in [3.8, 4) is 22.6 Å². The zero-order valence-corrected chi connectivity index (χ0v) is 26.3. The second-order valence-corrected chi connectivity index (χ2v) is 13.6. The van der Waals surface area contributed by atoms with Crippen molar-refractivity contribution in [1.29, 1.82) is 5.26 Å². The van der Waals surface area contributed by atoms with E-state index in [0.717, 1.165) is 10.5 Å². The molecule has 1 aliphatic heterocycles. The van der Waals surface area contributed by atoms with E-state index in [4.69, 9.17) is 13.9 Å². The summed E-state index contributed by atoms with van der Waals surface area (Å²) in [7, 11) is 1.56. The lowest BCUT2D eigenvalue weighted by Gasteiger charge is -2.47. The summed E-state index contributed by atoms with van der Waals surface area (Å²) < 4.78 is 18.1. The van der Waals surface area contributed by atoms with E-state index in [0.29, 0.717) is 52.8 Å². The highest BCUT2D eigenvalue weighted by Crippen LogP contribution is 2.51. The van der Waals surface area contributed by atoms with Crippen LogP contribution in [-0.2, 0) is 9.53 Å². The van der Waals surface area contributed by atoms with Crippen molar-refractivity contribution in [2.45, 2.75) is 76.2 Å². The van der Waals surface area contributed by atoms with Gasteiger partial charge in [-0.15, -0.1) is 11.3 Å². The number of oxazole rings is 1. The minimum atomic E-state index is -1.76. The normalized spacial score (nSPS) is 26.8. The van der Waals surface area contributed by atoms with Gasteiger partial charge in [-0.2, -0.15) is 5.26 Å². The Bertz CT molecular complexity index is 1630. The number of fused-ring (bicyclic) bond motifs is 2. The second kappa shape index (κ2) is 11.4. The number of amides is 1. The molecule has 45 heavy (non-hydrogen) atoms. The molecule has 1 amide bonds. The van der Waals surface area contributed by atoms with E-state index in [1.54, 1.807) is 18.9 Å². The summed E-state index contributed by atoms with van der Waals surface area (Å²) in [4.78, 5) is 33.8. The molecule has 2 fully saturated rings. The summed E-state index contributed by atoms with van der Waals surface area (Å²) in [5, 5.41) is 42.4. The third-order valence-electron chi connectivity index (χ3n) is 9.49. The average Bonchev–Trinajstić information content (AvgIpc) is 3.78. The molecule has 2 saturated carbocycles. The number of carboxylic acid groups (broad SMARTS) is 1. The summed E-state index contributed by atoms with van der Waals surface area (Å²) in [5.41, 5.74) is -1.51. The van der Waals surface area contributed by atoms with E-state index < -0.39 is 35.5 Å². The Hall–Kier alpha value is -3.96. The molecule has 6 atom stereocenters. The molecule has 13 heteroatoms. The van der Waals surface area contributed by atoms with Crippen LogP contribution in [0.4, 0.5) is 5.00 Å². The molecule has 3 heterocycles. The number of methoxy groups -OCH3 is 1. The largest absolute Gasteiger partial charge is 0.496 e. The number of nitriles is 1.